The minimum absolute atomic E-state index is 0.625. The summed E-state index contributed by atoms with van der Waals surface area (Å²) in [5, 5.41) is 5.08. The summed E-state index contributed by atoms with van der Waals surface area (Å²) >= 11 is 1.85. The molecule has 0 atom stereocenters. The van der Waals surface area contributed by atoms with Crippen LogP contribution in [0.4, 0.5) is 0 Å². The zero-order chi connectivity index (χ0) is 37.0. The molecule has 4 heterocycles. The van der Waals surface area contributed by atoms with Gasteiger partial charge in [-0.3, -0.25) is 4.98 Å². The van der Waals surface area contributed by atoms with E-state index in [-0.39, 0.29) is 0 Å². The Bertz CT molecular complexity index is 3190. The van der Waals surface area contributed by atoms with Gasteiger partial charge in [0, 0.05) is 65.7 Å². The number of rotatable bonds is 6. The lowest BCUT2D eigenvalue weighted by molar-refractivity contribution is 1.07. The summed E-state index contributed by atoms with van der Waals surface area (Å²) in [6.07, 6.45) is 3.72. The minimum Gasteiger partial charge on any atom is -0.309 e. The van der Waals surface area contributed by atoms with Crippen LogP contribution in [-0.2, 0) is 0 Å². The molecule has 0 saturated heterocycles. The molecule has 11 rings (SSSR count). The number of fused-ring (bicyclic) bond motifs is 6. The molecule has 0 radical (unpaired) electrons. The summed E-state index contributed by atoms with van der Waals surface area (Å²) in [4.78, 5) is 19.3. The number of aromatic nitrogens is 5. The second-order valence-corrected chi connectivity index (χ2v) is 15.0. The Morgan fingerprint density at radius 1 is 0.339 bits per heavy atom. The molecular formula is C50H31N5S. The smallest absolute Gasteiger partial charge is 0.164 e. The predicted octanol–water partition coefficient (Wildman–Crippen LogP) is 13.1. The van der Waals surface area contributed by atoms with Gasteiger partial charge in [-0.25, -0.2) is 15.0 Å². The van der Waals surface area contributed by atoms with Gasteiger partial charge in [-0.2, -0.15) is 0 Å². The van der Waals surface area contributed by atoms with Crippen LogP contribution < -0.4 is 0 Å². The molecule has 56 heavy (non-hydrogen) atoms. The van der Waals surface area contributed by atoms with E-state index < -0.39 is 0 Å². The molecule has 0 aliphatic rings. The number of para-hydroxylation sites is 1. The maximum Gasteiger partial charge on any atom is 0.164 e. The van der Waals surface area contributed by atoms with Crippen molar-refractivity contribution in [1.29, 1.82) is 0 Å². The van der Waals surface area contributed by atoms with Gasteiger partial charge in [0.25, 0.3) is 0 Å². The van der Waals surface area contributed by atoms with Crippen molar-refractivity contribution in [2.24, 2.45) is 0 Å². The molecule has 0 aliphatic heterocycles. The number of hydrogen-bond donors (Lipinski definition) is 0. The molecule has 4 aromatic heterocycles. The van der Waals surface area contributed by atoms with Crippen molar-refractivity contribution in [1.82, 2.24) is 24.5 Å². The molecular weight excluding hydrogens is 703 g/mol. The van der Waals surface area contributed by atoms with Gasteiger partial charge >= 0.3 is 0 Å². The highest BCUT2D eigenvalue weighted by Crippen LogP contribution is 2.42. The Hall–Kier alpha value is -7.28. The molecule has 5 nitrogen and oxygen atoms in total. The van der Waals surface area contributed by atoms with Crippen molar-refractivity contribution in [3.63, 3.8) is 0 Å². The Labute approximate surface area is 326 Å². The van der Waals surface area contributed by atoms with Gasteiger partial charge in [-0.15, -0.1) is 11.3 Å². The molecule has 0 amide bonds. The molecule has 0 aliphatic carbocycles. The zero-order valence-corrected chi connectivity index (χ0v) is 30.9. The predicted molar refractivity (Wildman–Crippen MR) is 232 cm³/mol. The van der Waals surface area contributed by atoms with Crippen molar-refractivity contribution in [2.45, 2.75) is 0 Å². The Kier molecular flexibility index (Phi) is 7.60. The van der Waals surface area contributed by atoms with Crippen LogP contribution in [0.5, 0.6) is 0 Å². The summed E-state index contributed by atoms with van der Waals surface area (Å²) in [5.74, 6) is 1.90. The largest absolute Gasteiger partial charge is 0.309 e. The quantitative estimate of drug-likeness (QED) is 0.171. The molecule has 0 unspecified atom stereocenters. The van der Waals surface area contributed by atoms with Crippen LogP contribution in [0.1, 0.15) is 0 Å². The van der Waals surface area contributed by atoms with Crippen molar-refractivity contribution >= 4 is 53.3 Å². The lowest BCUT2D eigenvalue weighted by atomic mass is 9.97. The highest BCUT2D eigenvalue weighted by molar-refractivity contribution is 7.25. The maximum absolute atomic E-state index is 5.03. The zero-order valence-electron chi connectivity index (χ0n) is 30.0. The normalized spacial score (nSPS) is 11.6. The molecule has 11 aromatic rings. The summed E-state index contributed by atoms with van der Waals surface area (Å²) in [6.45, 7) is 0. The average molecular weight is 734 g/mol. The van der Waals surface area contributed by atoms with Crippen LogP contribution in [-0.4, -0.2) is 24.5 Å². The van der Waals surface area contributed by atoms with Crippen molar-refractivity contribution in [3.05, 3.63) is 188 Å². The fraction of sp³-hybridized carbons (Fsp3) is 0. The van der Waals surface area contributed by atoms with Gasteiger partial charge in [0.15, 0.2) is 17.5 Å². The molecule has 7 aromatic carbocycles. The summed E-state index contributed by atoms with van der Waals surface area (Å²) < 4.78 is 5.01. The highest BCUT2D eigenvalue weighted by Gasteiger charge is 2.18. The Morgan fingerprint density at radius 2 is 0.911 bits per heavy atom. The number of thiophene rings is 1. The van der Waals surface area contributed by atoms with Crippen LogP contribution in [0, 0.1) is 0 Å². The van der Waals surface area contributed by atoms with Crippen LogP contribution >= 0.6 is 11.3 Å². The first kappa shape index (κ1) is 32.2. The van der Waals surface area contributed by atoms with E-state index in [1.165, 1.54) is 42.0 Å². The molecule has 262 valence electrons. The molecule has 0 fully saturated rings. The minimum atomic E-state index is 0.625. The van der Waals surface area contributed by atoms with Crippen LogP contribution in [0.25, 0.3) is 104 Å². The Morgan fingerprint density at radius 3 is 1.64 bits per heavy atom. The monoisotopic (exact) mass is 733 g/mol. The maximum atomic E-state index is 5.03. The van der Waals surface area contributed by atoms with E-state index in [4.69, 9.17) is 15.0 Å². The summed E-state index contributed by atoms with van der Waals surface area (Å²) in [7, 11) is 0. The molecule has 0 saturated carbocycles. The van der Waals surface area contributed by atoms with Crippen LogP contribution in [0.3, 0.4) is 0 Å². The third-order valence-electron chi connectivity index (χ3n) is 10.5. The van der Waals surface area contributed by atoms with E-state index in [2.05, 4.69) is 125 Å². The first-order valence-corrected chi connectivity index (χ1v) is 19.4. The average Bonchev–Trinajstić information content (AvgIpc) is 3.81. The fourth-order valence-electron chi connectivity index (χ4n) is 7.86. The highest BCUT2D eigenvalue weighted by atomic mass is 32.1. The second kappa shape index (κ2) is 13.2. The van der Waals surface area contributed by atoms with Crippen molar-refractivity contribution in [3.8, 4) is 62.1 Å². The van der Waals surface area contributed by atoms with Gasteiger partial charge in [-0.1, -0.05) is 115 Å². The Balaban J connectivity index is 1.12. The van der Waals surface area contributed by atoms with E-state index in [9.17, 15) is 0 Å². The van der Waals surface area contributed by atoms with E-state index >= 15 is 0 Å². The topological polar surface area (TPSA) is 56.5 Å². The van der Waals surface area contributed by atoms with E-state index in [1.54, 1.807) is 0 Å². The summed E-state index contributed by atoms with van der Waals surface area (Å²) in [5.41, 5.74) is 10.6. The number of hydrogen-bond acceptors (Lipinski definition) is 5. The van der Waals surface area contributed by atoms with E-state index in [0.29, 0.717) is 17.5 Å². The third kappa shape index (κ3) is 5.54. The van der Waals surface area contributed by atoms with Crippen molar-refractivity contribution in [2.75, 3.05) is 0 Å². The second-order valence-electron chi connectivity index (χ2n) is 13.9. The SMILES string of the molecule is c1ccc(-c2nc(-c3ccccc3)nc(-c3cccc(-c4cc(-c5ccncc5)cc(-n5c6ccccc6c6cc7c(cc65)sc5ccccc57)c4)c3)n2)cc1. The van der Waals surface area contributed by atoms with Gasteiger partial charge in [-0.05, 0) is 82.9 Å². The molecule has 0 spiro atoms. The lowest BCUT2D eigenvalue weighted by Crippen LogP contribution is -2.00. The lowest BCUT2D eigenvalue weighted by Gasteiger charge is -2.15. The summed E-state index contributed by atoms with van der Waals surface area (Å²) in [6, 6.07) is 62.0. The number of benzene rings is 7. The van der Waals surface area contributed by atoms with Crippen molar-refractivity contribution < 1.29 is 0 Å². The van der Waals surface area contributed by atoms with Gasteiger partial charge in [0.1, 0.15) is 0 Å². The van der Waals surface area contributed by atoms with Crippen LogP contribution in [0.15, 0.2) is 188 Å². The first-order valence-electron chi connectivity index (χ1n) is 18.6. The van der Waals surface area contributed by atoms with Gasteiger partial charge in [0.2, 0.25) is 0 Å². The first-order chi connectivity index (χ1) is 27.7. The molecule has 0 N–H and O–H groups in total. The standard InChI is InChI=1S/C50H31N5S/c1-3-12-33(13-4-1)48-52-49(34-14-5-2-6-15-34)54-50(53-48)36-17-11-16-35(26-36)38-27-37(32-22-24-51-25-23-32)28-39(29-38)55-44-20-9-7-18-40(44)42-30-43-41-19-8-10-21-46(41)56-47(43)31-45(42)55/h1-31H. The van der Waals surface area contributed by atoms with Gasteiger partial charge in [0.05, 0.1) is 11.0 Å². The van der Waals surface area contributed by atoms with E-state index in [1.807, 2.05) is 84.4 Å². The number of pyridine rings is 1. The number of nitrogens with zero attached hydrogens (tertiary/aromatic N) is 5. The van der Waals surface area contributed by atoms with Gasteiger partial charge < -0.3 is 4.57 Å². The molecule has 6 heteroatoms. The third-order valence-corrected chi connectivity index (χ3v) is 11.6. The van der Waals surface area contributed by atoms with E-state index in [0.717, 1.165) is 44.6 Å². The molecule has 0 bridgehead atoms. The van der Waals surface area contributed by atoms with Crippen LogP contribution in [0.2, 0.25) is 0 Å². The fourth-order valence-corrected chi connectivity index (χ4v) is 8.98.